The second-order valence-corrected chi connectivity index (χ2v) is 8.52. The molecular weight excluding hydrogens is 386 g/mol. The SMILES string of the molecule is CCc1c(C(=O)NCCCN2CCCC[C@@H]2C)cnc2c(-c3ccccc3)c(C)nn12. The summed E-state index contributed by atoms with van der Waals surface area (Å²) in [6.45, 7) is 9.26. The zero-order chi connectivity index (χ0) is 21.8. The zero-order valence-corrected chi connectivity index (χ0v) is 18.9. The van der Waals surface area contributed by atoms with Gasteiger partial charge in [-0.25, -0.2) is 9.50 Å². The summed E-state index contributed by atoms with van der Waals surface area (Å²) < 4.78 is 1.85. The molecule has 3 heterocycles. The summed E-state index contributed by atoms with van der Waals surface area (Å²) in [6.07, 6.45) is 7.30. The first-order valence-corrected chi connectivity index (χ1v) is 11.5. The Balaban J connectivity index is 1.49. The van der Waals surface area contributed by atoms with E-state index in [0.29, 0.717) is 24.6 Å². The molecule has 1 aliphatic heterocycles. The molecule has 0 bridgehead atoms. The number of piperidine rings is 1. The van der Waals surface area contributed by atoms with Gasteiger partial charge in [-0.15, -0.1) is 0 Å². The molecule has 0 aliphatic carbocycles. The Kier molecular flexibility index (Phi) is 6.66. The minimum absolute atomic E-state index is 0.0626. The maximum absolute atomic E-state index is 12.9. The van der Waals surface area contributed by atoms with Gasteiger partial charge in [-0.2, -0.15) is 5.10 Å². The molecule has 31 heavy (non-hydrogen) atoms. The number of likely N-dealkylation sites (tertiary alicyclic amines) is 1. The summed E-state index contributed by atoms with van der Waals surface area (Å²) in [5.41, 5.74) is 5.35. The van der Waals surface area contributed by atoms with Crippen LogP contribution in [0.4, 0.5) is 0 Å². The lowest BCUT2D eigenvalue weighted by molar-refractivity contribution is 0.0947. The fourth-order valence-electron chi connectivity index (χ4n) is 4.68. The molecule has 1 saturated heterocycles. The number of hydrogen-bond acceptors (Lipinski definition) is 4. The van der Waals surface area contributed by atoms with E-state index in [0.717, 1.165) is 41.1 Å². The summed E-state index contributed by atoms with van der Waals surface area (Å²) in [5, 5.41) is 7.84. The number of nitrogens with one attached hydrogen (secondary N) is 1. The van der Waals surface area contributed by atoms with E-state index in [1.807, 2.05) is 29.6 Å². The number of amides is 1. The fraction of sp³-hybridized carbons (Fsp3) is 0.480. The second-order valence-electron chi connectivity index (χ2n) is 8.52. The van der Waals surface area contributed by atoms with Crippen LogP contribution in [0.2, 0.25) is 0 Å². The first kappa shape index (κ1) is 21.5. The van der Waals surface area contributed by atoms with Gasteiger partial charge in [0.15, 0.2) is 5.65 Å². The summed E-state index contributed by atoms with van der Waals surface area (Å²) in [4.78, 5) is 20.1. The van der Waals surface area contributed by atoms with Crippen LogP contribution in [0.15, 0.2) is 36.5 Å². The van der Waals surface area contributed by atoms with Crippen LogP contribution < -0.4 is 5.32 Å². The molecule has 1 aliphatic rings. The molecule has 0 unspecified atom stereocenters. The van der Waals surface area contributed by atoms with Crippen molar-refractivity contribution < 1.29 is 4.79 Å². The summed E-state index contributed by atoms with van der Waals surface area (Å²) in [7, 11) is 0. The Bertz CT molecular complexity index is 1040. The first-order chi connectivity index (χ1) is 15.1. The Morgan fingerprint density at radius 2 is 2.03 bits per heavy atom. The number of nitrogens with zero attached hydrogens (tertiary/aromatic N) is 4. The first-order valence-electron chi connectivity index (χ1n) is 11.5. The highest BCUT2D eigenvalue weighted by molar-refractivity contribution is 5.95. The maximum Gasteiger partial charge on any atom is 0.254 e. The number of hydrogen-bond donors (Lipinski definition) is 1. The average Bonchev–Trinajstić information content (AvgIpc) is 3.13. The summed E-state index contributed by atoms with van der Waals surface area (Å²) in [6, 6.07) is 10.8. The van der Waals surface area contributed by atoms with Gasteiger partial charge in [-0.3, -0.25) is 4.79 Å². The van der Waals surface area contributed by atoms with Crippen molar-refractivity contribution >= 4 is 11.6 Å². The third-order valence-corrected chi connectivity index (χ3v) is 6.41. The van der Waals surface area contributed by atoms with E-state index in [1.54, 1.807) is 6.20 Å². The van der Waals surface area contributed by atoms with E-state index < -0.39 is 0 Å². The summed E-state index contributed by atoms with van der Waals surface area (Å²) in [5.74, 6) is -0.0626. The van der Waals surface area contributed by atoms with Crippen LogP contribution in [-0.4, -0.2) is 51.1 Å². The molecule has 4 rings (SSSR count). The molecule has 6 heteroatoms. The Morgan fingerprint density at radius 3 is 2.77 bits per heavy atom. The monoisotopic (exact) mass is 419 g/mol. The van der Waals surface area contributed by atoms with Crippen LogP contribution in [0.1, 0.15) is 61.3 Å². The van der Waals surface area contributed by atoms with Gasteiger partial charge in [0, 0.05) is 30.9 Å². The van der Waals surface area contributed by atoms with Crippen molar-refractivity contribution in [3.8, 4) is 11.1 Å². The molecular formula is C25H33N5O. The number of carbonyl (C=O) groups is 1. The minimum Gasteiger partial charge on any atom is -0.352 e. The van der Waals surface area contributed by atoms with Gasteiger partial charge in [0.2, 0.25) is 0 Å². The molecule has 1 N–H and O–H groups in total. The fourth-order valence-corrected chi connectivity index (χ4v) is 4.68. The summed E-state index contributed by atoms with van der Waals surface area (Å²) >= 11 is 0. The Hall–Kier alpha value is -2.73. The van der Waals surface area contributed by atoms with Gasteiger partial charge in [-0.1, -0.05) is 43.7 Å². The molecule has 0 saturated carbocycles. The highest BCUT2D eigenvalue weighted by Gasteiger charge is 2.20. The van der Waals surface area contributed by atoms with Crippen LogP contribution >= 0.6 is 0 Å². The molecule has 6 nitrogen and oxygen atoms in total. The van der Waals surface area contributed by atoms with E-state index in [4.69, 9.17) is 5.10 Å². The van der Waals surface area contributed by atoms with Gasteiger partial charge in [0.05, 0.1) is 17.0 Å². The largest absolute Gasteiger partial charge is 0.352 e. The van der Waals surface area contributed by atoms with Crippen LogP contribution in [0, 0.1) is 6.92 Å². The van der Waals surface area contributed by atoms with Crippen molar-refractivity contribution in [3.05, 3.63) is 53.5 Å². The number of benzene rings is 1. The van der Waals surface area contributed by atoms with E-state index in [-0.39, 0.29) is 5.91 Å². The molecule has 1 amide bonds. The minimum atomic E-state index is -0.0626. The van der Waals surface area contributed by atoms with Crippen molar-refractivity contribution in [3.63, 3.8) is 0 Å². The predicted octanol–water partition coefficient (Wildman–Crippen LogP) is 4.26. The Morgan fingerprint density at radius 1 is 1.23 bits per heavy atom. The highest BCUT2D eigenvalue weighted by atomic mass is 16.1. The lowest BCUT2D eigenvalue weighted by atomic mass is 10.0. The van der Waals surface area contributed by atoms with Crippen molar-refractivity contribution in [1.82, 2.24) is 24.8 Å². The quantitative estimate of drug-likeness (QED) is 0.581. The molecule has 164 valence electrons. The lowest BCUT2D eigenvalue weighted by Gasteiger charge is -2.33. The van der Waals surface area contributed by atoms with Gasteiger partial charge < -0.3 is 10.2 Å². The third-order valence-electron chi connectivity index (χ3n) is 6.41. The maximum atomic E-state index is 12.9. The van der Waals surface area contributed by atoms with E-state index in [1.165, 1.54) is 25.8 Å². The van der Waals surface area contributed by atoms with Crippen LogP contribution in [0.5, 0.6) is 0 Å². The molecule has 1 fully saturated rings. The normalized spacial score (nSPS) is 17.2. The van der Waals surface area contributed by atoms with E-state index >= 15 is 0 Å². The molecule has 1 atom stereocenters. The van der Waals surface area contributed by atoms with Gasteiger partial charge >= 0.3 is 0 Å². The third kappa shape index (κ3) is 4.49. The van der Waals surface area contributed by atoms with Crippen molar-refractivity contribution in [1.29, 1.82) is 0 Å². The van der Waals surface area contributed by atoms with Gasteiger partial charge in [0.1, 0.15) is 0 Å². The molecule has 0 radical (unpaired) electrons. The second kappa shape index (κ2) is 9.60. The van der Waals surface area contributed by atoms with Crippen molar-refractivity contribution in [2.24, 2.45) is 0 Å². The molecule has 3 aromatic rings. The number of aromatic nitrogens is 3. The van der Waals surface area contributed by atoms with Crippen LogP contribution in [-0.2, 0) is 6.42 Å². The van der Waals surface area contributed by atoms with Gasteiger partial charge in [0.25, 0.3) is 5.91 Å². The molecule has 1 aromatic carbocycles. The average molecular weight is 420 g/mol. The number of rotatable bonds is 7. The van der Waals surface area contributed by atoms with Crippen LogP contribution in [0.3, 0.4) is 0 Å². The molecule has 2 aromatic heterocycles. The Labute approximate surface area is 184 Å². The number of fused-ring (bicyclic) bond motifs is 1. The predicted molar refractivity (Wildman–Crippen MR) is 124 cm³/mol. The smallest absolute Gasteiger partial charge is 0.254 e. The van der Waals surface area contributed by atoms with Crippen molar-refractivity contribution in [2.75, 3.05) is 19.6 Å². The van der Waals surface area contributed by atoms with E-state index in [2.05, 4.69) is 41.2 Å². The van der Waals surface area contributed by atoms with E-state index in [9.17, 15) is 4.79 Å². The van der Waals surface area contributed by atoms with Crippen LogP contribution in [0.25, 0.3) is 16.8 Å². The molecule has 0 spiro atoms. The number of carbonyl (C=O) groups excluding carboxylic acids is 1. The van der Waals surface area contributed by atoms with Crippen molar-refractivity contribution in [2.45, 2.75) is 58.9 Å². The lowest BCUT2D eigenvalue weighted by Crippen LogP contribution is -2.39. The standard InChI is InChI=1S/C25H33N5O/c1-4-22-21(25(31)26-14-10-16-29-15-9-8-11-18(29)2)17-27-24-23(19(3)28-30(22)24)20-12-6-5-7-13-20/h5-7,12-13,17-18H,4,8-11,14-16H2,1-3H3,(H,26,31)/t18-/m0/s1. The topological polar surface area (TPSA) is 62.5 Å². The zero-order valence-electron chi connectivity index (χ0n) is 18.9. The highest BCUT2D eigenvalue weighted by Crippen LogP contribution is 2.28. The number of aryl methyl sites for hydroxylation is 2. The van der Waals surface area contributed by atoms with Gasteiger partial charge in [-0.05, 0) is 51.6 Å².